The normalized spacial score (nSPS) is 10.3. The topological polar surface area (TPSA) is 50.4 Å². The minimum atomic E-state index is -0.0490. The van der Waals surface area contributed by atoms with Gasteiger partial charge in [0.25, 0.3) is 0 Å². The number of rotatable bonds is 7. The van der Waals surface area contributed by atoms with Crippen LogP contribution in [0.5, 0.6) is 5.75 Å². The van der Waals surface area contributed by atoms with Gasteiger partial charge in [0, 0.05) is 35.6 Å². The summed E-state index contributed by atoms with van der Waals surface area (Å²) in [5.74, 6) is 0.606. The average molecular weight is 367 g/mol. The molecule has 4 nitrogen and oxygen atoms in total. The molecule has 0 heterocycles. The first kappa shape index (κ1) is 18.4. The second-order valence-electron chi connectivity index (χ2n) is 5.35. The minimum absolute atomic E-state index is 0.0490. The number of hydrogen-bond acceptors (Lipinski definition) is 3. The molecule has 2 aromatic rings. The summed E-state index contributed by atoms with van der Waals surface area (Å²) in [4.78, 5) is 11.9. The van der Waals surface area contributed by atoms with E-state index < -0.39 is 0 Å². The second-order valence-corrected chi connectivity index (χ2v) is 6.16. The quantitative estimate of drug-likeness (QED) is 0.761. The van der Waals surface area contributed by atoms with Crippen molar-refractivity contribution in [2.75, 3.05) is 19.0 Å². The number of carbonyl (C=O) groups excluding carboxylic acids is 1. The Balaban J connectivity index is 1.83. The van der Waals surface area contributed by atoms with E-state index in [1.807, 2.05) is 31.2 Å². The van der Waals surface area contributed by atoms with Gasteiger partial charge >= 0.3 is 0 Å². The van der Waals surface area contributed by atoms with E-state index in [1.54, 1.807) is 19.2 Å². The first-order valence-electron chi connectivity index (χ1n) is 7.59. The van der Waals surface area contributed by atoms with Crippen LogP contribution >= 0.6 is 23.2 Å². The molecule has 0 fully saturated rings. The highest BCUT2D eigenvalue weighted by molar-refractivity contribution is 6.31. The number of halogens is 2. The summed E-state index contributed by atoms with van der Waals surface area (Å²) >= 11 is 12.1. The Bertz CT molecular complexity index is 720. The van der Waals surface area contributed by atoms with Gasteiger partial charge < -0.3 is 15.4 Å². The first-order valence-corrected chi connectivity index (χ1v) is 8.35. The molecule has 0 aromatic heterocycles. The first-order chi connectivity index (χ1) is 11.5. The SMILES string of the molecule is COc1cc(Cl)c(C)cc1NCCC(=O)NCc1ccccc1Cl. The van der Waals surface area contributed by atoms with Crippen molar-refractivity contribution < 1.29 is 9.53 Å². The molecule has 0 spiro atoms. The Hall–Kier alpha value is -1.91. The Morgan fingerprint density at radius 2 is 1.92 bits per heavy atom. The van der Waals surface area contributed by atoms with E-state index in [0.717, 1.165) is 16.8 Å². The summed E-state index contributed by atoms with van der Waals surface area (Å²) < 4.78 is 5.30. The number of benzene rings is 2. The third-order valence-electron chi connectivity index (χ3n) is 3.58. The lowest BCUT2D eigenvalue weighted by Gasteiger charge is -2.13. The minimum Gasteiger partial charge on any atom is -0.495 e. The van der Waals surface area contributed by atoms with Crippen LogP contribution in [0.1, 0.15) is 17.5 Å². The monoisotopic (exact) mass is 366 g/mol. The van der Waals surface area contributed by atoms with Crippen LogP contribution in [0, 0.1) is 6.92 Å². The number of amides is 1. The van der Waals surface area contributed by atoms with Gasteiger partial charge in [-0.05, 0) is 30.2 Å². The molecule has 1 amide bonds. The molecular weight excluding hydrogens is 347 g/mol. The van der Waals surface area contributed by atoms with Crippen molar-refractivity contribution in [3.8, 4) is 5.75 Å². The number of methoxy groups -OCH3 is 1. The molecule has 0 atom stereocenters. The standard InChI is InChI=1S/C18H20Cl2N2O2/c1-12-9-16(17(24-2)10-15(12)20)21-8-7-18(23)22-11-13-5-3-4-6-14(13)19/h3-6,9-10,21H,7-8,11H2,1-2H3,(H,22,23). The maximum atomic E-state index is 11.9. The molecule has 2 aromatic carbocycles. The fraction of sp³-hybridized carbons (Fsp3) is 0.278. The highest BCUT2D eigenvalue weighted by atomic mass is 35.5. The van der Waals surface area contributed by atoms with Gasteiger partial charge in [0.2, 0.25) is 5.91 Å². The Morgan fingerprint density at radius 3 is 2.62 bits per heavy atom. The van der Waals surface area contributed by atoms with E-state index >= 15 is 0 Å². The van der Waals surface area contributed by atoms with Gasteiger partial charge in [0.1, 0.15) is 5.75 Å². The van der Waals surface area contributed by atoms with Gasteiger partial charge in [-0.25, -0.2) is 0 Å². The predicted octanol–water partition coefficient (Wildman–Crippen LogP) is 4.43. The number of ether oxygens (including phenoxy) is 1. The van der Waals surface area contributed by atoms with Gasteiger partial charge in [0.15, 0.2) is 0 Å². The van der Waals surface area contributed by atoms with E-state index in [-0.39, 0.29) is 5.91 Å². The molecule has 0 radical (unpaired) electrons. The zero-order valence-corrected chi connectivity index (χ0v) is 15.2. The van der Waals surface area contributed by atoms with Crippen LogP contribution in [-0.4, -0.2) is 19.6 Å². The lowest BCUT2D eigenvalue weighted by atomic mass is 10.2. The average Bonchev–Trinajstić information content (AvgIpc) is 2.57. The van der Waals surface area contributed by atoms with Crippen molar-refractivity contribution in [2.45, 2.75) is 19.9 Å². The second kappa shape index (κ2) is 8.81. The van der Waals surface area contributed by atoms with E-state index in [0.29, 0.717) is 35.3 Å². The largest absolute Gasteiger partial charge is 0.495 e. The summed E-state index contributed by atoms with van der Waals surface area (Å²) in [6, 6.07) is 11.1. The maximum Gasteiger partial charge on any atom is 0.222 e. The summed E-state index contributed by atoms with van der Waals surface area (Å²) in [5, 5.41) is 7.36. The fourth-order valence-electron chi connectivity index (χ4n) is 2.20. The third kappa shape index (κ3) is 5.05. The predicted molar refractivity (Wildman–Crippen MR) is 99.1 cm³/mol. The fourth-order valence-corrected chi connectivity index (χ4v) is 2.56. The van der Waals surface area contributed by atoms with Crippen molar-refractivity contribution in [3.63, 3.8) is 0 Å². The van der Waals surface area contributed by atoms with Gasteiger partial charge in [-0.1, -0.05) is 41.4 Å². The van der Waals surface area contributed by atoms with Crippen molar-refractivity contribution >= 4 is 34.8 Å². The molecule has 0 saturated heterocycles. The molecule has 2 rings (SSSR count). The molecule has 0 saturated carbocycles. The van der Waals surface area contributed by atoms with Crippen LogP contribution in [0.3, 0.4) is 0 Å². The molecule has 6 heteroatoms. The van der Waals surface area contributed by atoms with E-state index in [2.05, 4.69) is 10.6 Å². The zero-order valence-electron chi connectivity index (χ0n) is 13.7. The summed E-state index contributed by atoms with van der Waals surface area (Å²) in [5.41, 5.74) is 2.66. The van der Waals surface area contributed by atoms with Gasteiger partial charge in [-0.15, -0.1) is 0 Å². The Kier molecular flexibility index (Phi) is 6.76. The van der Waals surface area contributed by atoms with E-state index in [1.165, 1.54) is 0 Å². The van der Waals surface area contributed by atoms with Crippen LogP contribution in [0.4, 0.5) is 5.69 Å². The van der Waals surface area contributed by atoms with Crippen molar-refractivity contribution in [1.82, 2.24) is 5.32 Å². The summed E-state index contributed by atoms with van der Waals surface area (Å²) in [6.07, 6.45) is 0.343. The van der Waals surface area contributed by atoms with E-state index in [9.17, 15) is 4.79 Å². The van der Waals surface area contributed by atoms with Crippen molar-refractivity contribution in [2.24, 2.45) is 0 Å². The lowest BCUT2D eigenvalue weighted by molar-refractivity contribution is -0.121. The highest BCUT2D eigenvalue weighted by Crippen LogP contribution is 2.30. The zero-order chi connectivity index (χ0) is 17.5. The van der Waals surface area contributed by atoms with E-state index in [4.69, 9.17) is 27.9 Å². The number of anilines is 1. The summed E-state index contributed by atoms with van der Waals surface area (Å²) in [7, 11) is 1.59. The third-order valence-corrected chi connectivity index (χ3v) is 4.36. The van der Waals surface area contributed by atoms with Gasteiger partial charge in [0.05, 0.1) is 12.8 Å². The molecule has 2 N–H and O–H groups in total. The number of carbonyl (C=O) groups is 1. The Morgan fingerprint density at radius 1 is 1.17 bits per heavy atom. The molecular formula is C18H20Cl2N2O2. The van der Waals surface area contributed by atoms with Crippen LogP contribution < -0.4 is 15.4 Å². The molecule has 128 valence electrons. The Labute approximate surface area is 152 Å². The van der Waals surface area contributed by atoms with Crippen molar-refractivity contribution in [1.29, 1.82) is 0 Å². The molecule has 0 unspecified atom stereocenters. The number of aryl methyl sites for hydroxylation is 1. The maximum absolute atomic E-state index is 11.9. The molecule has 0 aliphatic heterocycles. The smallest absolute Gasteiger partial charge is 0.222 e. The van der Waals surface area contributed by atoms with Crippen molar-refractivity contribution in [3.05, 3.63) is 57.6 Å². The molecule has 0 aliphatic carbocycles. The van der Waals surface area contributed by atoms with Crippen LogP contribution in [-0.2, 0) is 11.3 Å². The highest BCUT2D eigenvalue weighted by Gasteiger charge is 2.08. The van der Waals surface area contributed by atoms with Crippen LogP contribution in [0.25, 0.3) is 0 Å². The molecule has 24 heavy (non-hydrogen) atoms. The molecule has 0 aliphatic rings. The van der Waals surface area contributed by atoms with Gasteiger partial charge in [-0.2, -0.15) is 0 Å². The molecule has 0 bridgehead atoms. The lowest BCUT2D eigenvalue weighted by Crippen LogP contribution is -2.25. The number of hydrogen-bond donors (Lipinski definition) is 2. The van der Waals surface area contributed by atoms with Crippen LogP contribution in [0.15, 0.2) is 36.4 Å². The van der Waals surface area contributed by atoms with Gasteiger partial charge in [-0.3, -0.25) is 4.79 Å². The summed E-state index contributed by atoms with van der Waals surface area (Å²) in [6.45, 7) is 2.83. The van der Waals surface area contributed by atoms with Crippen LogP contribution in [0.2, 0.25) is 10.0 Å². The number of nitrogens with one attached hydrogen (secondary N) is 2.